The summed E-state index contributed by atoms with van der Waals surface area (Å²) in [5.41, 5.74) is 0. The molecule has 3 heteroatoms. The van der Waals surface area contributed by atoms with Crippen molar-refractivity contribution in [2.75, 3.05) is 39.5 Å². The molecule has 1 atom stereocenters. The molecule has 1 heterocycles. The van der Waals surface area contributed by atoms with E-state index in [0.717, 1.165) is 51.9 Å². The molecule has 0 spiro atoms. The van der Waals surface area contributed by atoms with Crippen LogP contribution in [0.5, 0.6) is 0 Å². The van der Waals surface area contributed by atoms with Gasteiger partial charge in [-0.15, -0.1) is 0 Å². The molecule has 1 fully saturated rings. The maximum Gasteiger partial charge on any atom is 0.0590 e. The molecule has 14 heavy (non-hydrogen) atoms. The summed E-state index contributed by atoms with van der Waals surface area (Å²) < 4.78 is 10.7. The third-order valence-electron chi connectivity index (χ3n) is 2.52. The Kier molecular flexibility index (Phi) is 7.01. The van der Waals surface area contributed by atoms with Gasteiger partial charge in [0.1, 0.15) is 0 Å². The highest BCUT2D eigenvalue weighted by Crippen LogP contribution is 2.14. The second-order valence-electron chi connectivity index (χ2n) is 3.88. The van der Waals surface area contributed by atoms with Gasteiger partial charge in [-0.05, 0) is 31.7 Å². The smallest absolute Gasteiger partial charge is 0.0590 e. The fraction of sp³-hybridized carbons (Fsp3) is 1.00. The molecule has 1 unspecified atom stereocenters. The molecule has 1 saturated heterocycles. The lowest BCUT2D eigenvalue weighted by atomic mass is 10.1. The number of rotatable bonds is 8. The van der Waals surface area contributed by atoms with Gasteiger partial charge in [0.2, 0.25) is 0 Å². The summed E-state index contributed by atoms with van der Waals surface area (Å²) in [5.74, 6) is 0.791. The Labute approximate surface area is 87.2 Å². The van der Waals surface area contributed by atoms with Crippen LogP contribution in [0, 0.1) is 5.92 Å². The lowest BCUT2D eigenvalue weighted by Gasteiger charge is -2.08. The van der Waals surface area contributed by atoms with E-state index in [1.807, 2.05) is 0 Å². The zero-order valence-electron chi connectivity index (χ0n) is 9.26. The lowest BCUT2D eigenvalue weighted by Crippen LogP contribution is -2.23. The molecule has 1 rings (SSSR count). The van der Waals surface area contributed by atoms with Crippen molar-refractivity contribution in [1.29, 1.82) is 0 Å². The Morgan fingerprint density at radius 2 is 2.29 bits per heavy atom. The van der Waals surface area contributed by atoms with Gasteiger partial charge in [-0.2, -0.15) is 0 Å². The molecule has 1 N–H and O–H groups in total. The minimum absolute atomic E-state index is 0.791. The molecule has 84 valence electrons. The lowest BCUT2D eigenvalue weighted by molar-refractivity contribution is 0.136. The third-order valence-corrected chi connectivity index (χ3v) is 2.52. The molecule has 0 aliphatic carbocycles. The molecule has 0 aromatic heterocycles. The van der Waals surface area contributed by atoms with Crippen LogP contribution in [0.25, 0.3) is 0 Å². The summed E-state index contributed by atoms with van der Waals surface area (Å²) >= 11 is 0. The van der Waals surface area contributed by atoms with E-state index in [0.29, 0.717) is 0 Å². The molecule has 0 bridgehead atoms. The topological polar surface area (TPSA) is 30.5 Å². The van der Waals surface area contributed by atoms with Gasteiger partial charge >= 0.3 is 0 Å². The van der Waals surface area contributed by atoms with Crippen LogP contribution in [0.2, 0.25) is 0 Å². The van der Waals surface area contributed by atoms with Crippen molar-refractivity contribution in [3.63, 3.8) is 0 Å². The molecular weight excluding hydrogens is 178 g/mol. The van der Waals surface area contributed by atoms with E-state index in [1.54, 1.807) is 0 Å². The van der Waals surface area contributed by atoms with Gasteiger partial charge in [-0.3, -0.25) is 0 Å². The van der Waals surface area contributed by atoms with Gasteiger partial charge in [0, 0.05) is 26.4 Å². The molecule has 0 aromatic rings. The summed E-state index contributed by atoms with van der Waals surface area (Å²) in [7, 11) is 0. The van der Waals surface area contributed by atoms with Crippen molar-refractivity contribution in [2.45, 2.75) is 26.2 Å². The first-order valence-electron chi connectivity index (χ1n) is 5.79. The summed E-state index contributed by atoms with van der Waals surface area (Å²) in [6.07, 6.45) is 3.60. The van der Waals surface area contributed by atoms with Crippen LogP contribution in [0.4, 0.5) is 0 Å². The number of ether oxygens (including phenoxy) is 2. The molecule has 0 radical (unpaired) electrons. The predicted molar refractivity (Wildman–Crippen MR) is 57.5 cm³/mol. The Bertz CT molecular complexity index is 124. The quantitative estimate of drug-likeness (QED) is 0.603. The van der Waals surface area contributed by atoms with Crippen LogP contribution >= 0.6 is 0 Å². The molecule has 0 amide bonds. The largest absolute Gasteiger partial charge is 0.381 e. The first kappa shape index (κ1) is 12.0. The second-order valence-corrected chi connectivity index (χ2v) is 3.88. The average Bonchev–Trinajstić information content (AvgIpc) is 2.69. The molecule has 0 aromatic carbocycles. The Balaban J connectivity index is 1.75. The van der Waals surface area contributed by atoms with Crippen LogP contribution in [0.15, 0.2) is 0 Å². The predicted octanol–water partition coefficient (Wildman–Crippen LogP) is 1.43. The maximum absolute atomic E-state index is 5.37. The summed E-state index contributed by atoms with van der Waals surface area (Å²) in [6.45, 7) is 7.87. The van der Waals surface area contributed by atoms with Crippen molar-refractivity contribution in [3.8, 4) is 0 Å². The highest BCUT2D eigenvalue weighted by atomic mass is 16.5. The molecule has 1 aliphatic rings. The van der Waals surface area contributed by atoms with E-state index in [4.69, 9.17) is 9.47 Å². The maximum atomic E-state index is 5.37. The summed E-state index contributed by atoms with van der Waals surface area (Å²) in [5, 5.41) is 3.39. The second kappa shape index (κ2) is 8.21. The van der Waals surface area contributed by atoms with Gasteiger partial charge < -0.3 is 14.8 Å². The van der Waals surface area contributed by atoms with E-state index < -0.39 is 0 Å². The van der Waals surface area contributed by atoms with Gasteiger partial charge in [-0.25, -0.2) is 0 Å². The van der Waals surface area contributed by atoms with Crippen molar-refractivity contribution in [3.05, 3.63) is 0 Å². The van der Waals surface area contributed by atoms with Crippen molar-refractivity contribution >= 4 is 0 Å². The minimum Gasteiger partial charge on any atom is -0.381 e. The number of nitrogens with one attached hydrogen (secondary N) is 1. The third kappa shape index (κ3) is 5.58. The van der Waals surface area contributed by atoms with Crippen molar-refractivity contribution < 1.29 is 9.47 Å². The first-order chi connectivity index (χ1) is 6.93. The van der Waals surface area contributed by atoms with Crippen LogP contribution in [0.1, 0.15) is 26.2 Å². The standard InChI is InChI=1S/C11H23NO2/c1-2-7-13-9-6-12-5-3-11-4-8-14-10-11/h11-12H,2-10H2,1H3. The zero-order valence-corrected chi connectivity index (χ0v) is 9.26. The summed E-state index contributed by atoms with van der Waals surface area (Å²) in [6, 6.07) is 0. The van der Waals surface area contributed by atoms with Gasteiger partial charge in [0.05, 0.1) is 6.61 Å². The number of hydrogen-bond donors (Lipinski definition) is 1. The van der Waals surface area contributed by atoms with Crippen LogP contribution in [-0.2, 0) is 9.47 Å². The molecule has 0 saturated carbocycles. The Morgan fingerprint density at radius 3 is 3.00 bits per heavy atom. The van der Waals surface area contributed by atoms with E-state index >= 15 is 0 Å². The van der Waals surface area contributed by atoms with E-state index in [9.17, 15) is 0 Å². The normalized spacial score (nSPS) is 21.6. The Morgan fingerprint density at radius 1 is 1.36 bits per heavy atom. The van der Waals surface area contributed by atoms with Crippen LogP contribution in [-0.4, -0.2) is 39.5 Å². The molecule has 1 aliphatic heterocycles. The fourth-order valence-electron chi connectivity index (χ4n) is 1.63. The van der Waals surface area contributed by atoms with E-state index in [1.165, 1.54) is 12.8 Å². The first-order valence-corrected chi connectivity index (χ1v) is 5.79. The van der Waals surface area contributed by atoms with Gasteiger partial charge in [0.15, 0.2) is 0 Å². The number of hydrogen-bond acceptors (Lipinski definition) is 3. The van der Waals surface area contributed by atoms with Crippen molar-refractivity contribution in [2.24, 2.45) is 5.92 Å². The van der Waals surface area contributed by atoms with E-state index in [-0.39, 0.29) is 0 Å². The van der Waals surface area contributed by atoms with E-state index in [2.05, 4.69) is 12.2 Å². The van der Waals surface area contributed by atoms with Gasteiger partial charge in [-0.1, -0.05) is 6.92 Å². The van der Waals surface area contributed by atoms with Gasteiger partial charge in [0.25, 0.3) is 0 Å². The molecular formula is C11H23NO2. The SMILES string of the molecule is CCCOCCNCCC1CCOC1. The Hall–Kier alpha value is -0.120. The summed E-state index contributed by atoms with van der Waals surface area (Å²) in [4.78, 5) is 0. The average molecular weight is 201 g/mol. The monoisotopic (exact) mass is 201 g/mol. The molecule has 3 nitrogen and oxygen atoms in total. The fourth-order valence-corrected chi connectivity index (χ4v) is 1.63. The highest BCUT2D eigenvalue weighted by Gasteiger charge is 2.14. The van der Waals surface area contributed by atoms with Crippen LogP contribution < -0.4 is 5.32 Å². The highest BCUT2D eigenvalue weighted by molar-refractivity contribution is 4.65. The minimum atomic E-state index is 0.791. The van der Waals surface area contributed by atoms with Crippen LogP contribution in [0.3, 0.4) is 0 Å². The van der Waals surface area contributed by atoms with Crippen molar-refractivity contribution in [1.82, 2.24) is 5.32 Å². The zero-order chi connectivity index (χ0) is 10.1.